The van der Waals surface area contributed by atoms with Gasteiger partial charge in [-0.15, -0.1) is 0 Å². The molecular formula is C13H24N4O2. The summed E-state index contributed by atoms with van der Waals surface area (Å²) in [6.45, 7) is 7.86. The lowest BCUT2D eigenvalue weighted by Gasteiger charge is -2.33. The molecule has 2 aliphatic rings. The Kier molecular flexibility index (Phi) is 5.15. The Hall–Kier alpha value is -1.14. The lowest BCUT2D eigenvalue weighted by molar-refractivity contribution is -0.146. The van der Waals surface area contributed by atoms with Crippen molar-refractivity contribution in [2.24, 2.45) is 0 Å². The van der Waals surface area contributed by atoms with Crippen molar-refractivity contribution in [3.05, 3.63) is 0 Å². The number of likely N-dealkylation sites (tertiary alicyclic amines) is 1. The van der Waals surface area contributed by atoms with Gasteiger partial charge in [0.25, 0.3) is 0 Å². The van der Waals surface area contributed by atoms with Gasteiger partial charge in [0.05, 0.1) is 0 Å². The van der Waals surface area contributed by atoms with Crippen molar-refractivity contribution in [2.45, 2.75) is 25.8 Å². The predicted molar refractivity (Wildman–Crippen MR) is 72.7 cm³/mol. The molecule has 1 atom stereocenters. The van der Waals surface area contributed by atoms with Gasteiger partial charge in [0.15, 0.2) is 0 Å². The average Bonchev–Trinajstić information content (AvgIpc) is 2.47. The molecule has 0 aromatic heterocycles. The number of carbonyl (C=O) groups excluding carboxylic acids is 2. The van der Waals surface area contributed by atoms with E-state index in [1.54, 1.807) is 4.90 Å². The van der Waals surface area contributed by atoms with Gasteiger partial charge in [-0.2, -0.15) is 0 Å². The van der Waals surface area contributed by atoms with E-state index in [2.05, 4.69) is 22.5 Å². The largest absolute Gasteiger partial charge is 0.344 e. The summed E-state index contributed by atoms with van der Waals surface area (Å²) in [6, 6.07) is 0.119. The van der Waals surface area contributed by atoms with Gasteiger partial charge >= 0.3 is 11.8 Å². The SMILES string of the molecule is CCN1CCCC(NC(=O)C(=O)N2CCNCC2)C1. The number of carbonyl (C=O) groups is 2. The monoisotopic (exact) mass is 268 g/mol. The second-order valence-corrected chi connectivity index (χ2v) is 5.25. The fourth-order valence-corrected chi connectivity index (χ4v) is 2.72. The van der Waals surface area contributed by atoms with Gasteiger partial charge in [-0.05, 0) is 25.9 Å². The van der Waals surface area contributed by atoms with E-state index < -0.39 is 5.91 Å². The lowest BCUT2D eigenvalue weighted by atomic mass is 10.1. The Balaban J connectivity index is 1.80. The number of rotatable bonds is 2. The van der Waals surface area contributed by atoms with Crippen molar-refractivity contribution in [3.63, 3.8) is 0 Å². The normalized spacial score (nSPS) is 25.1. The Morgan fingerprint density at radius 1 is 1.26 bits per heavy atom. The molecule has 19 heavy (non-hydrogen) atoms. The summed E-state index contributed by atoms with van der Waals surface area (Å²) >= 11 is 0. The topological polar surface area (TPSA) is 64.7 Å². The van der Waals surface area contributed by atoms with Gasteiger partial charge in [0.2, 0.25) is 0 Å². The zero-order chi connectivity index (χ0) is 13.7. The minimum absolute atomic E-state index is 0.119. The van der Waals surface area contributed by atoms with Crippen molar-refractivity contribution in [2.75, 3.05) is 45.8 Å². The zero-order valence-corrected chi connectivity index (χ0v) is 11.7. The fraction of sp³-hybridized carbons (Fsp3) is 0.846. The highest BCUT2D eigenvalue weighted by Gasteiger charge is 2.27. The molecule has 2 heterocycles. The molecular weight excluding hydrogens is 244 g/mol. The third-order valence-corrected chi connectivity index (χ3v) is 3.89. The third kappa shape index (κ3) is 3.91. The minimum atomic E-state index is -0.440. The van der Waals surface area contributed by atoms with Crippen molar-refractivity contribution in [3.8, 4) is 0 Å². The van der Waals surface area contributed by atoms with E-state index in [0.717, 1.165) is 45.6 Å². The quantitative estimate of drug-likeness (QED) is 0.632. The van der Waals surface area contributed by atoms with Crippen LogP contribution in [0.2, 0.25) is 0 Å². The highest BCUT2D eigenvalue weighted by Crippen LogP contribution is 2.09. The molecule has 2 rings (SSSR count). The van der Waals surface area contributed by atoms with Gasteiger partial charge in [-0.25, -0.2) is 0 Å². The standard InChI is InChI=1S/C13H24N4O2/c1-2-16-7-3-4-11(10-16)15-12(18)13(19)17-8-5-14-6-9-17/h11,14H,2-10H2,1H3,(H,15,18). The summed E-state index contributed by atoms with van der Waals surface area (Å²) in [4.78, 5) is 27.9. The first-order valence-electron chi connectivity index (χ1n) is 7.23. The maximum Gasteiger partial charge on any atom is 0.311 e. The summed E-state index contributed by atoms with van der Waals surface area (Å²) < 4.78 is 0. The van der Waals surface area contributed by atoms with Crippen molar-refractivity contribution in [1.82, 2.24) is 20.4 Å². The van der Waals surface area contributed by atoms with Crippen molar-refractivity contribution >= 4 is 11.8 Å². The molecule has 6 heteroatoms. The van der Waals surface area contributed by atoms with E-state index in [4.69, 9.17) is 0 Å². The minimum Gasteiger partial charge on any atom is -0.344 e. The van der Waals surface area contributed by atoms with Crippen LogP contribution in [0.25, 0.3) is 0 Å². The van der Waals surface area contributed by atoms with E-state index in [9.17, 15) is 9.59 Å². The maximum atomic E-state index is 12.0. The molecule has 2 aliphatic heterocycles. The number of hydrogen-bond donors (Lipinski definition) is 2. The van der Waals surface area contributed by atoms with Gasteiger partial charge < -0.3 is 20.4 Å². The van der Waals surface area contributed by atoms with E-state index in [-0.39, 0.29) is 11.9 Å². The molecule has 2 N–H and O–H groups in total. The molecule has 2 saturated heterocycles. The summed E-state index contributed by atoms with van der Waals surface area (Å²) in [7, 11) is 0. The Labute approximate surface area is 114 Å². The van der Waals surface area contributed by atoms with Crippen LogP contribution in [0.5, 0.6) is 0 Å². The van der Waals surface area contributed by atoms with E-state index in [1.165, 1.54) is 0 Å². The summed E-state index contributed by atoms with van der Waals surface area (Å²) in [5.41, 5.74) is 0. The van der Waals surface area contributed by atoms with Crippen LogP contribution < -0.4 is 10.6 Å². The molecule has 0 radical (unpaired) electrons. The van der Waals surface area contributed by atoms with Crippen molar-refractivity contribution in [1.29, 1.82) is 0 Å². The molecule has 0 spiro atoms. The average molecular weight is 268 g/mol. The molecule has 1 unspecified atom stereocenters. The van der Waals surface area contributed by atoms with Gasteiger partial charge in [0, 0.05) is 38.8 Å². The molecule has 0 aliphatic carbocycles. The third-order valence-electron chi connectivity index (χ3n) is 3.89. The molecule has 108 valence electrons. The number of nitrogens with zero attached hydrogens (tertiary/aromatic N) is 2. The number of piperidine rings is 1. The van der Waals surface area contributed by atoms with Gasteiger partial charge in [-0.1, -0.05) is 6.92 Å². The van der Waals surface area contributed by atoms with Crippen LogP contribution in [-0.2, 0) is 9.59 Å². The number of amides is 2. The Morgan fingerprint density at radius 2 is 2.00 bits per heavy atom. The predicted octanol–water partition coefficient (Wildman–Crippen LogP) is -0.981. The Bertz CT molecular complexity index is 329. The van der Waals surface area contributed by atoms with Crippen LogP contribution >= 0.6 is 0 Å². The van der Waals surface area contributed by atoms with Crippen LogP contribution in [0.3, 0.4) is 0 Å². The Morgan fingerprint density at radius 3 is 2.68 bits per heavy atom. The maximum absolute atomic E-state index is 12.0. The van der Waals surface area contributed by atoms with Gasteiger partial charge in [0.1, 0.15) is 0 Å². The number of hydrogen-bond acceptors (Lipinski definition) is 4. The van der Waals surface area contributed by atoms with Crippen molar-refractivity contribution < 1.29 is 9.59 Å². The molecule has 2 fully saturated rings. The number of nitrogens with one attached hydrogen (secondary N) is 2. The van der Waals surface area contributed by atoms with Crippen LogP contribution in [0.4, 0.5) is 0 Å². The first-order chi connectivity index (χ1) is 9.20. The second-order valence-electron chi connectivity index (χ2n) is 5.25. The van der Waals surface area contributed by atoms with Crippen LogP contribution in [0.1, 0.15) is 19.8 Å². The van der Waals surface area contributed by atoms with Crippen LogP contribution in [-0.4, -0.2) is 73.5 Å². The summed E-state index contributed by atoms with van der Waals surface area (Å²) in [5, 5.41) is 6.06. The first-order valence-corrected chi connectivity index (χ1v) is 7.23. The lowest BCUT2D eigenvalue weighted by Crippen LogP contribution is -2.55. The highest BCUT2D eigenvalue weighted by molar-refractivity contribution is 6.35. The summed E-state index contributed by atoms with van der Waals surface area (Å²) in [5.74, 6) is -0.819. The van der Waals surface area contributed by atoms with Crippen LogP contribution in [0.15, 0.2) is 0 Å². The second kappa shape index (κ2) is 6.86. The van der Waals surface area contributed by atoms with E-state index in [0.29, 0.717) is 13.1 Å². The molecule has 0 aromatic rings. The molecule has 6 nitrogen and oxygen atoms in total. The summed E-state index contributed by atoms with van der Waals surface area (Å²) in [6.07, 6.45) is 2.05. The van der Waals surface area contributed by atoms with Crippen LogP contribution in [0, 0.1) is 0 Å². The molecule has 0 bridgehead atoms. The zero-order valence-electron chi connectivity index (χ0n) is 11.7. The first kappa shape index (κ1) is 14.3. The highest BCUT2D eigenvalue weighted by atomic mass is 16.2. The molecule has 0 saturated carbocycles. The molecule has 2 amide bonds. The van der Waals surface area contributed by atoms with E-state index >= 15 is 0 Å². The fourth-order valence-electron chi connectivity index (χ4n) is 2.72. The molecule has 0 aromatic carbocycles. The van der Waals surface area contributed by atoms with Gasteiger partial charge in [-0.3, -0.25) is 9.59 Å². The smallest absolute Gasteiger partial charge is 0.311 e. The van der Waals surface area contributed by atoms with E-state index in [1.807, 2.05) is 0 Å². The number of likely N-dealkylation sites (N-methyl/N-ethyl adjacent to an activating group) is 1. The number of piperazine rings is 1.